The fourth-order valence-electron chi connectivity index (χ4n) is 3.56. The Hall–Kier alpha value is -2.12. The Bertz CT molecular complexity index is 821. The van der Waals surface area contributed by atoms with Crippen LogP contribution >= 0.6 is 11.3 Å². The van der Waals surface area contributed by atoms with Crippen LogP contribution in [0.3, 0.4) is 0 Å². The molecule has 146 valence electrons. The fraction of sp³-hybridized carbons (Fsp3) is 0.500. The molecule has 1 saturated heterocycles. The molecule has 0 saturated carbocycles. The van der Waals surface area contributed by atoms with Crippen LogP contribution in [-0.4, -0.2) is 49.1 Å². The van der Waals surface area contributed by atoms with Crippen LogP contribution in [0.1, 0.15) is 35.1 Å². The molecule has 0 aliphatic carbocycles. The molecule has 0 bridgehead atoms. The van der Waals surface area contributed by atoms with Crippen molar-refractivity contribution in [3.05, 3.63) is 28.8 Å². The minimum atomic E-state index is 0.0408. The smallest absolute Gasteiger partial charge is 0.266 e. The van der Waals surface area contributed by atoms with Gasteiger partial charge in [-0.15, -0.1) is 11.3 Å². The lowest BCUT2D eigenvalue weighted by Gasteiger charge is -2.37. The van der Waals surface area contributed by atoms with Gasteiger partial charge in [-0.3, -0.25) is 4.79 Å². The summed E-state index contributed by atoms with van der Waals surface area (Å²) in [5.41, 5.74) is 7.59. The number of ether oxygens (including phenoxy) is 2. The highest BCUT2D eigenvalue weighted by molar-refractivity contribution is 7.17. The third-order valence-electron chi connectivity index (χ3n) is 5.13. The van der Waals surface area contributed by atoms with E-state index in [1.165, 1.54) is 11.3 Å². The Morgan fingerprint density at radius 1 is 1.33 bits per heavy atom. The molecule has 3 rings (SSSR count). The van der Waals surface area contributed by atoms with Gasteiger partial charge in [-0.2, -0.15) is 0 Å². The highest BCUT2D eigenvalue weighted by atomic mass is 32.1. The fourth-order valence-corrected chi connectivity index (χ4v) is 4.58. The number of piperidine rings is 1. The number of likely N-dealkylation sites (tertiary alicyclic amines) is 1. The number of nitrogens with zero attached hydrogens (tertiary/aromatic N) is 2. The van der Waals surface area contributed by atoms with Crippen molar-refractivity contribution in [2.45, 2.75) is 32.7 Å². The molecule has 0 radical (unpaired) electrons. The maximum absolute atomic E-state index is 13.2. The summed E-state index contributed by atoms with van der Waals surface area (Å²) in [6.07, 6.45) is 1.98. The van der Waals surface area contributed by atoms with Gasteiger partial charge in [0.05, 0.1) is 19.9 Å². The van der Waals surface area contributed by atoms with Crippen molar-refractivity contribution in [3.8, 4) is 22.1 Å². The van der Waals surface area contributed by atoms with Crippen LogP contribution in [0.4, 0.5) is 0 Å². The summed E-state index contributed by atoms with van der Waals surface area (Å²) in [5.74, 6) is 1.95. The normalized spacial score (nSPS) is 19.8. The summed E-state index contributed by atoms with van der Waals surface area (Å²) in [5, 5.41) is 0.798. The maximum Gasteiger partial charge on any atom is 0.266 e. The molecule has 0 spiro atoms. The summed E-state index contributed by atoms with van der Waals surface area (Å²) in [4.78, 5) is 20.4. The summed E-state index contributed by atoms with van der Waals surface area (Å²) >= 11 is 1.42. The van der Waals surface area contributed by atoms with Crippen molar-refractivity contribution in [3.63, 3.8) is 0 Å². The maximum atomic E-state index is 13.2. The van der Waals surface area contributed by atoms with E-state index in [1.807, 2.05) is 30.0 Å². The number of methoxy groups -OCH3 is 2. The second-order valence-electron chi connectivity index (χ2n) is 7.02. The number of carbonyl (C=O) groups is 1. The van der Waals surface area contributed by atoms with E-state index in [2.05, 4.69) is 11.9 Å². The zero-order valence-electron chi connectivity index (χ0n) is 16.3. The van der Waals surface area contributed by atoms with E-state index in [9.17, 15) is 4.79 Å². The van der Waals surface area contributed by atoms with Crippen LogP contribution < -0.4 is 15.2 Å². The Labute approximate surface area is 164 Å². The van der Waals surface area contributed by atoms with Gasteiger partial charge in [0.15, 0.2) is 11.5 Å². The van der Waals surface area contributed by atoms with Crippen molar-refractivity contribution in [2.75, 3.05) is 27.3 Å². The van der Waals surface area contributed by atoms with Crippen LogP contribution in [0.5, 0.6) is 11.5 Å². The monoisotopic (exact) mass is 389 g/mol. The van der Waals surface area contributed by atoms with E-state index in [0.717, 1.165) is 35.7 Å². The third kappa shape index (κ3) is 3.94. The average molecular weight is 390 g/mol. The molecule has 2 heterocycles. The first-order chi connectivity index (χ1) is 13.0. The van der Waals surface area contributed by atoms with E-state index in [1.54, 1.807) is 14.2 Å². The molecular formula is C20H27N3O3S. The highest BCUT2D eigenvalue weighted by Crippen LogP contribution is 2.36. The van der Waals surface area contributed by atoms with Crippen LogP contribution in [0.15, 0.2) is 18.2 Å². The molecule has 7 heteroatoms. The van der Waals surface area contributed by atoms with Gasteiger partial charge < -0.3 is 20.1 Å². The summed E-state index contributed by atoms with van der Waals surface area (Å²) in [6.45, 7) is 5.36. The van der Waals surface area contributed by atoms with Crippen molar-refractivity contribution >= 4 is 17.2 Å². The van der Waals surface area contributed by atoms with Crippen LogP contribution in [0.25, 0.3) is 10.6 Å². The van der Waals surface area contributed by atoms with Gasteiger partial charge >= 0.3 is 0 Å². The molecule has 1 aliphatic heterocycles. The SMILES string of the molecule is COc1ccc(-c2nc(C)c(C(=O)N3CCC(C)CC3CN)s2)cc1OC. The first kappa shape index (κ1) is 19.6. The molecule has 2 N–H and O–H groups in total. The van der Waals surface area contributed by atoms with Gasteiger partial charge in [-0.25, -0.2) is 4.98 Å². The lowest BCUT2D eigenvalue weighted by Crippen LogP contribution is -2.49. The van der Waals surface area contributed by atoms with Crippen molar-refractivity contribution in [1.29, 1.82) is 0 Å². The number of rotatable bonds is 5. The Morgan fingerprint density at radius 3 is 2.74 bits per heavy atom. The van der Waals surface area contributed by atoms with Crippen LogP contribution in [0.2, 0.25) is 0 Å². The van der Waals surface area contributed by atoms with Crippen LogP contribution in [0, 0.1) is 12.8 Å². The molecule has 27 heavy (non-hydrogen) atoms. The first-order valence-corrected chi connectivity index (χ1v) is 10.0. The zero-order chi connectivity index (χ0) is 19.6. The topological polar surface area (TPSA) is 77.7 Å². The van der Waals surface area contributed by atoms with E-state index in [4.69, 9.17) is 15.2 Å². The number of nitrogens with two attached hydrogens (primary N) is 1. The highest BCUT2D eigenvalue weighted by Gasteiger charge is 2.31. The van der Waals surface area contributed by atoms with E-state index >= 15 is 0 Å². The number of amides is 1. The molecule has 1 aliphatic rings. The molecule has 1 amide bonds. The predicted octanol–water partition coefficient (Wildman–Crippen LogP) is 3.34. The number of hydrogen-bond donors (Lipinski definition) is 1. The van der Waals surface area contributed by atoms with Gasteiger partial charge in [0, 0.05) is 24.7 Å². The van der Waals surface area contributed by atoms with E-state index in [0.29, 0.717) is 28.8 Å². The Balaban J connectivity index is 1.89. The Kier molecular flexibility index (Phi) is 6.01. The van der Waals surface area contributed by atoms with E-state index in [-0.39, 0.29) is 11.9 Å². The molecule has 2 unspecified atom stereocenters. The molecule has 2 atom stereocenters. The molecule has 1 aromatic carbocycles. The third-order valence-corrected chi connectivity index (χ3v) is 6.33. The van der Waals surface area contributed by atoms with E-state index < -0.39 is 0 Å². The Morgan fingerprint density at radius 2 is 2.07 bits per heavy atom. The lowest BCUT2D eigenvalue weighted by molar-refractivity contribution is 0.0577. The number of aromatic nitrogens is 1. The van der Waals surface area contributed by atoms with Crippen molar-refractivity contribution in [2.24, 2.45) is 11.7 Å². The van der Waals surface area contributed by atoms with Gasteiger partial charge in [0.2, 0.25) is 0 Å². The lowest BCUT2D eigenvalue weighted by atomic mass is 9.92. The number of benzene rings is 1. The number of aryl methyl sites for hydroxylation is 1. The number of hydrogen-bond acceptors (Lipinski definition) is 6. The molecule has 6 nitrogen and oxygen atoms in total. The number of carbonyl (C=O) groups excluding carboxylic acids is 1. The van der Waals surface area contributed by atoms with Gasteiger partial charge in [-0.05, 0) is 43.9 Å². The first-order valence-electron chi connectivity index (χ1n) is 9.19. The van der Waals surface area contributed by atoms with Crippen molar-refractivity contribution in [1.82, 2.24) is 9.88 Å². The molecule has 2 aromatic rings. The molecule has 1 aromatic heterocycles. The van der Waals surface area contributed by atoms with Gasteiger partial charge in [-0.1, -0.05) is 6.92 Å². The van der Waals surface area contributed by atoms with Gasteiger partial charge in [0.25, 0.3) is 5.91 Å². The summed E-state index contributed by atoms with van der Waals surface area (Å²) in [7, 11) is 3.21. The predicted molar refractivity (Wildman–Crippen MR) is 108 cm³/mol. The minimum Gasteiger partial charge on any atom is -0.493 e. The minimum absolute atomic E-state index is 0.0408. The largest absolute Gasteiger partial charge is 0.493 e. The van der Waals surface area contributed by atoms with Crippen molar-refractivity contribution < 1.29 is 14.3 Å². The zero-order valence-corrected chi connectivity index (χ0v) is 17.1. The number of thiazole rings is 1. The quantitative estimate of drug-likeness (QED) is 0.849. The summed E-state index contributed by atoms with van der Waals surface area (Å²) in [6, 6.07) is 5.77. The van der Waals surface area contributed by atoms with Gasteiger partial charge in [0.1, 0.15) is 9.88 Å². The summed E-state index contributed by atoms with van der Waals surface area (Å²) < 4.78 is 10.7. The second kappa shape index (κ2) is 8.27. The molecular weight excluding hydrogens is 362 g/mol. The second-order valence-corrected chi connectivity index (χ2v) is 8.02. The molecule has 1 fully saturated rings. The average Bonchev–Trinajstić information content (AvgIpc) is 3.08. The standard InChI is InChI=1S/C20H27N3O3S/c1-12-7-8-23(15(9-12)11-21)20(24)18-13(2)22-19(27-18)14-5-6-16(25-3)17(10-14)26-4/h5-6,10,12,15H,7-9,11,21H2,1-4H3. The van der Waals surface area contributed by atoms with Crippen LogP contribution in [-0.2, 0) is 0 Å².